The van der Waals surface area contributed by atoms with E-state index < -0.39 is 98.8 Å². The molecule has 1 saturated carbocycles. The van der Waals surface area contributed by atoms with E-state index in [0.717, 1.165) is 0 Å². The number of aliphatic hydroxyl groups excluding tert-OH is 8. The first kappa shape index (κ1) is 25.1. The highest BCUT2D eigenvalue weighted by molar-refractivity contribution is 5.02. The van der Waals surface area contributed by atoms with Crippen LogP contribution in [-0.4, -0.2) is 140 Å². The van der Waals surface area contributed by atoms with Crippen LogP contribution in [0.1, 0.15) is 6.42 Å². The first-order valence-corrected chi connectivity index (χ1v) is 10.1. The monoisotopic (exact) mass is 455 g/mol. The third-order valence-corrected chi connectivity index (χ3v) is 6.19. The standard InChI is InChI=1S/C17H33N3O11/c18-4-1-5(20-16-14(28)11(25)6(2-21)29-16)15(13(27)9(4)23)31-17-8(19)12(26)10(24)7(3-22)30-17/h4-17,20-28H,1-3,18-19H2. The van der Waals surface area contributed by atoms with Crippen molar-refractivity contribution in [3.8, 4) is 0 Å². The van der Waals surface area contributed by atoms with Gasteiger partial charge in [0.25, 0.3) is 0 Å². The lowest BCUT2D eigenvalue weighted by Crippen LogP contribution is -2.68. The molecule has 13 N–H and O–H groups in total. The van der Waals surface area contributed by atoms with Gasteiger partial charge in [-0.3, -0.25) is 5.32 Å². The lowest BCUT2D eigenvalue weighted by Gasteiger charge is -2.47. The topological polar surface area (TPSA) is 254 Å². The summed E-state index contributed by atoms with van der Waals surface area (Å²) in [6, 6.07) is -2.96. The summed E-state index contributed by atoms with van der Waals surface area (Å²) >= 11 is 0. The van der Waals surface area contributed by atoms with Gasteiger partial charge >= 0.3 is 0 Å². The molecule has 3 aliphatic rings. The summed E-state index contributed by atoms with van der Waals surface area (Å²) in [7, 11) is 0. The minimum atomic E-state index is -1.54. The zero-order chi connectivity index (χ0) is 23.0. The molecular weight excluding hydrogens is 422 g/mol. The molecule has 0 aromatic heterocycles. The lowest BCUT2D eigenvalue weighted by molar-refractivity contribution is -0.296. The summed E-state index contributed by atoms with van der Waals surface area (Å²) in [5.74, 6) is 0. The van der Waals surface area contributed by atoms with Crippen LogP contribution in [0, 0.1) is 0 Å². The fourth-order valence-corrected chi connectivity index (χ4v) is 4.22. The largest absolute Gasteiger partial charge is 0.394 e. The smallest absolute Gasteiger partial charge is 0.176 e. The Kier molecular flexibility index (Phi) is 8.21. The van der Waals surface area contributed by atoms with Crippen LogP contribution >= 0.6 is 0 Å². The third-order valence-electron chi connectivity index (χ3n) is 6.19. The highest BCUT2D eigenvalue weighted by Gasteiger charge is 2.51. The molecule has 0 bridgehead atoms. The van der Waals surface area contributed by atoms with Crippen molar-refractivity contribution in [1.82, 2.24) is 5.32 Å². The van der Waals surface area contributed by atoms with E-state index in [1.807, 2.05) is 0 Å². The second-order valence-corrected chi connectivity index (χ2v) is 8.30. The van der Waals surface area contributed by atoms with Crippen LogP contribution in [0.5, 0.6) is 0 Å². The molecule has 0 amide bonds. The minimum absolute atomic E-state index is 0.0475. The summed E-state index contributed by atoms with van der Waals surface area (Å²) in [5.41, 5.74) is 11.8. The van der Waals surface area contributed by atoms with E-state index in [1.165, 1.54) is 0 Å². The van der Waals surface area contributed by atoms with E-state index >= 15 is 0 Å². The lowest BCUT2D eigenvalue weighted by atomic mass is 9.83. The first-order chi connectivity index (χ1) is 14.6. The third kappa shape index (κ3) is 4.87. The fraction of sp³-hybridized carbons (Fsp3) is 1.00. The van der Waals surface area contributed by atoms with Gasteiger partial charge in [-0.15, -0.1) is 0 Å². The SMILES string of the molecule is NC1CC(NC2OC(CO)C(O)C2O)C(OC2OC(CO)C(O)C(O)C2N)C(O)C1O. The van der Waals surface area contributed by atoms with Crippen LogP contribution in [-0.2, 0) is 14.2 Å². The van der Waals surface area contributed by atoms with Crippen LogP contribution in [0.25, 0.3) is 0 Å². The van der Waals surface area contributed by atoms with Crippen molar-refractivity contribution in [3.05, 3.63) is 0 Å². The predicted octanol–water partition coefficient (Wildman–Crippen LogP) is -7.01. The maximum absolute atomic E-state index is 10.6. The Bertz CT molecular complexity index is 590. The Morgan fingerprint density at radius 2 is 1.35 bits per heavy atom. The number of rotatable bonds is 6. The molecule has 182 valence electrons. The molecule has 0 radical (unpaired) electrons. The zero-order valence-corrected chi connectivity index (χ0v) is 16.7. The van der Waals surface area contributed by atoms with Gasteiger partial charge < -0.3 is 66.5 Å². The molecule has 14 unspecified atom stereocenters. The summed E-state index contributed by atoms with van der Waals surface area (Å²) in [4.78, 5) is 0. The highest BCUT2D eigenvalue weighted by atomic mass is 16.7. The van der Waals surface area contributed by atoms with Crippen molar-refractivity contribution < 1.29 is 55.1 Å². The molecule has 14 atom stereocenters. The van der Waals surface area contributed by atoms with Crippen molar-refractivity contribution in [2.45, 2.75) is 92.0 Å². The average molecular weight is 455 g/mol. The van der Waals surface area contributed by atoms with E-state index in [-0.39, 0.29) is 6.42 Å². The average Bonchev–Trinajstić information content (AvgIpc) is 3.02. The Hall–Kier alpha value is -0.560. The fourth-order valence-electron chi connectivity index (χ4n) is 4.22. The molecule has 0 spiro atoms. The minimum Gasteiger partial charge on any atom is -0.394 e. The van der Waals surface area contributed by atoms with Crippen molar-refractivity contribution in [3.63, 3.8) is 0 Å². The number of hydrogen-bond acceptors (Lipinski definition) is 14. The molecule has 2 aliphatic heterocycles. The second-order valence-electron chi connectivity index (χ2n) is 8.30. The molecule has 14 heteroatoms. The molecule has 14 nitrogen and oxygen atoms in total. The van der Waals surface area contributed by atoms with Crippen LogP contribution in [0.3, 0.4) is 0 Å². The van der Waals surface area contributed by atoms with E-state index in [1.54, 1.807) is 0 Å². The highest BCUT2D eigenvalue weighted by Crippen LogP contribution is 2.29. The Morgan fingerprint density at radius 3 is 1.94 bits per heavy atom. The predicted molar refractivity (Wildman–Crippen MR) is 99.9 cm³/mol. The molecule has 2 heterocycles. The van der Waals surface area contributed by atoms with Gasteiger partial charge in [0.15, 0.2) is 6.29 Å². The Morgan fingerprint density at radius 1 is 0.774 bits per heavy atom. The summed E-state index contributed by atoms with van der Waals surface area (Å²) in [5, 5.41) is 82.5. The number of ether oxygens (including phenoxy) is 3. The molecule has 0 aromatic rings. The molecule has 1 aliphatic carbocycles. The van der Waals surface area contributed by atoms with Crippen LogP contribution < -0.4 is 16.8 Å². The second kappa shape index (κ2) is 10.1. The van der Waals surface area contributed by atoms with Gasteiger partial charge in [-0.2, -0.15) is 0 Å². The normalized spacial score (nSPS) is 53.6. The number of hydrogen-bond donors (Lipinski definition) is 11. The first-order valence-electron chi connectivity index (χ1n) is 10.1. The quantitative estimate of drug-likeness (QED) is 0.178. The van der Waals surface area contributed by atoms with Gasteiger partial charge in [-0.25, -0.2) is 0 Å². The van der Waals surface area contributed by atoms with E-state index in [2.05, 4.69) is 5.32 Å². The van der Waals surface area contributed by atoms with Crippen LogP contribution in [0.2, 0.25) is 0 Å². The number of nitrogens with two attached hydrogens (primary N) is 2. The van der Waals surface area contributed by atoms with E-state index in [4.69, 9.17) is 25.7 Å². The van der Waals surface area contributed by atoms with Gasteiger partial charge in [0, 0.05) is 12.1 Å². The van der Waals surface area contributed by atoms with Crippen molar-refractivity contribution in [1.29, 1.82) is 0 Å². The van der Waals surface area contributed by atoms with E-state index in [9.17, 15) is 40.9 Å². The van der Waals surface area contributed by atoms with Crippen LogP contribution in [0.15, 0.2) is 0 Å². The zero-order valence-electron chi connectivity index (χ0n) is 16.7. The van der Waals surface area contributed by atoms with E-state index in [0.29, 0.717) is 0 Å². The molecule has 3 rings (SSSR count). The Balaban J connectivity index is 1.76. The Labute approximate surface area is 177 Å². The number of aliphatic hydroxyl groups is 8. The number of nitrogens with one attached hydrogen (secondary N) is 1. The van der Waals surface area contributed by atoms with Crippen molar-refractivity contribution >= 4 is 0 Å². The maximum atomic E-state index is 10.6. The maximum Gasteiger partial charge on any atom is 0.176 e. The summed E-state index contributed by atoms with van der Waals surface area (Å²) in [6.07, 6.45) is -14.5. The molecule has 0 aromatic carbocycles. The molecular formula is C17H33N3O11. The summed E-state index contributed by atoms with van der Waals surface area (Å²) < 4.78 is 16.6. The van der Waals surface area contributed by atoms with Gasteiger partial charge in [0.1, 0.15) is 55.1 Å². The van der Waals surface area contributed by atoms with Crippen molar-refractivity contribution in [2.24, 2.45) is 11.5 Å². The van der Waals surface area contributed by atoms with Crippen LogP contribution in [0.4, 0.5) is 0 Å². The van der Waals surface area contributed by atoms with Gasteiger partial charge in [-0.05, 0) is 6.42 Å². The van der Waals surface area contributed by atoms with Crippen molar-refractivity contribution in [2.75, 3.05) is 13.2 Å². The summed E-state index contributed by atoms with van der Waals surface area (Å²) in [6.45, 7) is -1.16. The van der Waals surface area contributed by atoms with Gasteiger partial charge in [0.2, 0.25) is 0 Å². The van der Waals surface area contributed by atoms with Gasteiger partial charge in [-0.1, -0.05) is 0 Å². The molecule has 3 fully saturated rings. The molecule has 2 saturated heterocycles. The molecule has 31 heavy (non-hydrogen) atoms. The van der Waals surface area contributed by atoms with Gasteiger partial charge in [0.05, 0.1) is 25.4 Å².